The van der Waals surface area contributed by atoms with E-state index in [-0.39, 0.29) is 0 Å². The van der Waals surface area contributed by atoms with Gasteiger partial charge < -0.3 is 14.4 Å². The van der Waals surface area contributed by atoms with Gasteiger partial charge in [0.1, 0.15) is 11.5 Å². The number of ether oxygens (including phenoxy) is 2. The molecule has 0 bridgehead atoms. The maximum absolute atomic E-state index is 6.02. The second-order valence-electron chi connectivity index (χ2n) is 6.41. The Bertz CT molecular complexity index is 443. The Morgan fingerprint density at radius 3 is 2.67 bits per heavy atom. The van der Waals surface area contributed by atoms with Crippen LogP contribution in [0.3, 0.4) is 0 Å². The lowest BCUT2D eigenvalue weighted by Crippen LogP contribution is -2.26. The topological polar surface area (TPSA) is 21.7 Å². The van der Waals surface area contributed by atoms with Crippen LogP contribution in [0.1, 0.15) is 44.9 Å². The molecule has 1 aromatic carbocycles. The molecule has 3 heteroatoms. The van der Waals surface area contributed by atoms with Gasteiger partial charge >= 0.3 is 0 Å². The lowest BCUT2D eigenvalue weighted by molar-refractivity contribution is 0.207. The fourth-order valence-electron chi connectivity index (χ4n) is 3.49. The molecule has 1 atom stereocenters. The van der Waals surface area contributed by atoms with Crippen molar-refractivity contribution in [2.75, 3.05) is 20.2 Å². The summed E-state index contributed by atoms with van der Waals surface area (Å²) in [4.78, 5) is 2.45. The van der Waals surface area contributed by atoms with E-state index in [1.54, 1.807) is 0 Å². The molecule has 0 spiro atoms. The number of nitrogens with zero attached hydrogens (tertiary/aromatic N) is 1. The molecule has 1 saturated heterocycles. The third-order valence-electron chi connectivity index (χ3n) is 4.80. The fourth-order valence-corrected chi connectivity index (χ4v) is 3.49. The van der Waals surface area contributed by atoms with Gasteiger partial charge in [-0.15, -0.1) is 0 Å². The molecule has 1 heterocycles. The van der Waals surface area contributed by atoms with Crippen molar-refractivity contribution in [3.63, 3.8) is 0 Å². The van der Waals surface area contributed by atoms with Gasteiger partial charge in [-0.25, -0.2) is 0 Å². The fraction of sp³-hybridized carbons (Fsp3) is 0.667. The summed E-state index contributed by atoms with van der Waals surface area (Å²) >= 11 is 0. The molecule has 3 rings (SSSR count). The van der Waals surface area contributed by atoms with Crippen LogP contribution in [0.4, 0.5) is 0 Å². The minimum absolute atomic E-state index is 0.410. The first-order valence-corrected chi connectivity index (χ1v) is 8.41. The molecule has 1 aliphatic carbocycles. The van der Waals surface area contributed by atoms with Crippen molar-refractivity contribution in [1.29, 1.82) is 0 Å². The van der Waals surface area contributed by atoms with Crippen LogP contribution in [0.2, 0.25) is 0 Å². The summed E-state index contributed by atoms with van der Waals surface area (Å²) < 4.78 is 11.9. The van der Waals surface area contributed by atoms with Crippen molar-refractivity contribution in [2.24, 2.45) is 0 Å². The van der Waals surface area contributed by atoms with E-state index in [2.05, 4.69) is 11.9 Å². The Hall–Kier alpha value is -1.22. The first-order valence-electron chi connectivity index (χ1n) is 8.41. The Labute approximate surface area is 128 Å². The predicted molar refractivity (Wildman–Crippen MR) is 85.1 cm³/mol. The van der Waals surface area contributed by atoms with Gasteiger partial charge in [-0.3, -0.25) is 0 Å². The SMILES string of the molecule is CN1CCCC1CCOc1cccc(OC2CCCC2)c1. The highest BCUT2D eigenvalue weighted by Gasteiger charge is 2.20. The van der Waals surface area contributed by atoms with Crippen molar-refractivity contribution >= 4 is 0 Å². The molecule has 0 radical (unpaired) electrons. The third-order valence-corrected chi connectivity index (χ3v) is 4.80. The van der Waals surface area contributed by atoms with Crippen molar-refractivity contribution in [3.05, 3.63) is 24.3 Å². The molecule has 1 aromatic rings. The van der Waals surface area contributed by atoms with Gasteiger partial charge in [0.15, 0.2) is 0 Å². The summed E-state index contributed by atoms with van der Waals surface area (Å²) in [6, 6.07) is 8.83. The summed E-state index contributed by atoms with van der Waals surface area (Å²) in [5, 5.41) is 0. The zero-order valence-electron chi connectivity index (χ0n) is 13.1. The van der Waals surface area contributed by atoms with Gasteiger partial charge in [0.2, 0.25) is 0 Å². The third kappa shape index (κ3) is 4.13. The Balaban J connectivity index is 1.46. The van der Waals surface area contributed by atoms with E-state index in [1.807, 2.05) is 24.3 Å². The van der Waals surface area contributed by atoms with Crippen molar-refractivity contribution in [1.82, 2.24) is 4.90 Å². The second-order valence-corrected chi connectivity index (χ2v) is 6.41. The number of likely N-dealkylation sites (tertiary alicyclic amines) is 1. The molecule has 3 nitrogen and oxygen atoms in total. The molecular weight excluding hydrogens is 262 g/mol. The molecule has 116 valence electrons. The smallest absolute Gasteiger partial charge is 0.123 e. The summed E-state index contributed by atoms with van der Waals surface area (Å²) in [7, 11) is 2.22. The van der Waals surface area contributed by atoms with Crippen molar-refractivity contribution in [2.45, 2.75) is 57.1 Å². The number of rotatable bonds is 6. The second kappa shape index (κ2) is 7.17. The normalized spacial score (nSPS) is 23.6. The van der Waals surface area contributed by atoms with Crippen LogP contribution in [0.5, 0.6) is 11.5 Å². The highest BCUT2D eigenvalue weighted by molar-refractivity contribution is 5.33. The van der Waals surface area contributed by atoms with Gasteiger partial charge in [0, 0.05) is 12.1 Å². The Kier molecular flexibility index (Phi) is 5.02. The van der Waals surface area contributed by atoms with Crippen molar-refractivity contribution < 1.29 is 9.47 Å². The van der Waals surface area contributed by atoms with E-state index >= 15 is 0 Å². The van der Waals surface area contributed by atoms with E-state index in [4.69, 9.17) is 9.47 Å². The predicted octanol–water partition coefficient (Wildman–Crippen LogP) is 3.87. The highest BCUT2D eigenvalue weighted by Crippen LogP contribution is 2.27. The quantitative estimate of drug-likeness (QED) is 0.793. The lowest BCUT2D eigenvalue weighted by atomic mass is 10.1. The van der Waals surface area contributed by atoms with E-state index in [1.165, 1.54) is 45.1 Å². The molecule has 21 heavy (non-hydrogen) atoms. The van der Waals surface area contributed by atoms with E-state index in [9.17, 15) is 0 Å². The minimum atomic E-state index is 0.410. The van der Waals surface area contributed by atoms with Gasteiger partial charge in [0.05, 0.1) is 12.7 Å². The van der Waals surface area contributed by atoms with Crippen LogP contribution in [0.15, 0.2) is 24.3 Å². The standard InChI is InChI=1S/C18H27NO2/c1-19-12-5-6-15(19)11-13-20-17-9-4-10-18(14-17)21-16-7-2-3-8-16/h4,9-10,14-16H,2-3,5-8,11-13H2,1H3. The highest BCUT2D eigenvalue weighted by atomic mass is 16.5. The Morgan fingerprint density at radius 1 is 1.10 bits per heavy atom. The van der Waals surface area contributed by atoms with Crippen LogP contribution < -0.4 is 9.47 Å². The van der Waals surface area contributed by atoms with Crippen molar-refractivity contribution in [3.8, 4) is 11.5 Å². The Morgan fingerprint density at radius 2 is 1.90 bits per heavy atom. The zero-order chi connectivity index (χ0) is 14.5. The largest absolute Gasteiger partial charge is 0.493 e. The van der Waals surface area contributed by atoms with E-state index < -0.39 is 0 Å². The monoisotopic (exact) mass is 289 g/mol. The van der Waals surface area contributed by atoms with Crippen LogP contribution >= 0.6 is 0 Å². The number of hydrogen-bond acceptors (Lipinski definition) is 3. The molecular formula is C18H27NO2. The van der Waals surface area contributed by atoms with Gasteiger partial charge in [-0.2, -0.15) is 0 Å². The molecule has 2 fully saturated rings. The number of hydrogen-bond donors (Lipinski definition) is 0. The molecule has 2 aliphatic rings. The molecule has 0 amide bonds. The molecule has 0 N–H and O–H groups in total. The molecule has 1 saturated carbocycles. The maximum atomic E-state index is 6.02. The summed E-state index contributed by atoms with van der Waals surface area (Å²) in [5.41, 5.74) is 0. The zero-order valence-corrected chi connectivity index (χ0v) is 13.1. The van der Waals surface area contributed by atoms with Crippen LogP contribution in [-0.2, 0) is 0 Å². The van der Waals surface area contributed by atoms with Crippen LogP contribution in [0, 0.1) is 0 Å². The van der Waals surface area contributed by atoms with Crippen LogP contribution in [0.25, 0.3) is 0 Å². The van der Waals surface area contributed by atoms with E-state index in [0.29, 0.717) is 12.1 Å². The average molecular weight is 289 g/mol. The molecule has 1 unspecified atom stereocenters. The summed E-state index contributed by atoms with van der Waals surface area (Å²) in [6.07, 6.45) is 9.15. The average Bonchev–Trinajstić information content (AvgIpc) is 3.12. The maximum Gasteiger partial charge on any atom is 0.123 e. The van der Waals surface area contributed by atoms with Gasteiger partial charge in [-0.05, 0) is 70.7 Å². The first-order chi connectivity index (χ1) is 10.3. The minimum Gasteiger partial charge on any atom is -0.493 e. The molecule has 1 aliphatic heterocycles. The first kappa shape index (κ1) is 14.7. The lowest BCUT2D eigenvalue weighted by Gasteiger charge is -2.19. The summed E-state index contributed by atoms with van der Waals surface area (Å²) in [6.45, 7) is 2.03. The van der Waals surface area contributed by atoms with Gasteiger partial charge in [-0.1, -0.05) is 6.07 Å². The van der Waals surface area contributed by atoms with Gasteiger partial charge in [0.25, 0.3) is 0 Å². The van der Waals surface area contributed by atoms with E-state index in [0.717, 1.165) is 24.5 Å². The molecule has 0 aromatic heterocycles. The number of benzene rings is 1. The van der Waals surface area contributed by atoms with Crippen LogP contribution in [-0.4, -0.2) is 37.2 Å². The summed E-state index contributed by atoms with van der Waals surface area (Å²) in [5.74, 6) is 1.89.